The lowest BCUT2D eigenvalue weighted by molar-refractivity contribution is -0.00745. The van der Waals surface area contributed by atoms with Crippen molar-refractivity contribution >= 4 is 0 Å². The number of hydrogen-bond acceptors (Lipinski definition) is 3. The molecule has 0 saturated carbocycles. The first-order valence-electron chi connectivity index (χ1n) is 7.46. The van der Waals surface area contributed by atoms with Gasteiger partial charge in [0.05, 0.1) is 12.2 Å². The van der Waals surface area contributed by atoms with Gasteiger partial charge in [-0.05, 0) is 52.6 Å². The van der Waals surface area contributed by atoms with Gasteiger partial charge < -0.3 is 14.6 Å². The molecular formula is C16H26N2O2. The molecule has 0 aromatic carbocycles. The summed E-state index contributed by atoms with van der Waals surface area (Å²) in [6.45, 7) is 7.31. The monoisotopic (exact) mass is 278 g/mol. The molecule has 4 heteroatoms. The Morgan fingerprint density at radius 2 is 2.15 bits per heavy atom. The molecule has 4 nitrogen and oxygen atoms in total. The normalized spacial score (nSPS) is 18.9. The third-order valence-corrected chi connectivity index (χ3v) is 3.81. The fourth-order valence-corrected chi connectivity index (χ4v) is 2.85. The van der Waals surface area contributed by atoms with Gasteiger partial charge in [-0.15, -0.1) is 0 Å². The molecule has 0 spiro atoms. The zero-order valence-electron chi connectivity index (χ0n) is 13.0. The molecule has 0 amide bonds. The molecule has 0 aliphatic heterocycles. The van der Waals surface area contributed by atoms with Gasteiger partial charge in [-0.25, -0.2) is 0 Å². The Balaban J connectivity index is 2.22. The number of ether oxygens (including phenoxy) is 1. The molecule has 0 saturated heterocycles. The van der Waals surface area contributed by atoms with Crippen LogP contribution in [-0.2, 0) is 17.7 Å². The molecule has 1 atom stereocenters. The predicted octanol–water partition coefficient (Wildman–Crippen LogP) is 2.26. The second kappa shape index (κ2) is 6.10. The predicted molar refractivity (Wildman–Crippen MR) is 81.1 cm³/mol. The Labute approximate surface area is 121 Å². The van der Waals surface area contributed by atoms with Crippen LogP contribution >= 0.6 is 0 Å². The number of nitrogens with one attached hydrogen (secondary N) is 1. The maximum atomic E-state index is 12.1. The SMILES string of the molecule is CNC1CCCc2c1ccc(=O)n2CCOC(C)(C)C. The Morgan fingerprint density at radius 3 is 2.80 bits per heavy atom. The summed E-state index contributed by atoms with van der Waals surface area (Å²) in [7, 11) is 1.98. The molecule has 1 unspecified atom stereocenters. The quantitative estimate of drug-likeness (QED) is 0.918. The van der Waals surface area contributed by atoms with E-state index < -0.39 is 0 Å². The van der Waals surface area contributed by atoms with Gasteiger partial charge in [-0.2, -0.15) is 0 Å². The average molecular weight is 278 g/mol. The lowest BCUT2D eigenvalue weighted by atomic mass is 9.91. The highest BCUT2D eigenvalue weighted by Crippen LogP contribution is 2.28. The van der Waals surface area contributed by atoms with Crippen LogP contribution < -0.4 is 10.9 Å². The third kappa shape index (κ3) is 3.49. The Kier molecular flexibility index (Phi) is 4.66. The van der Waals surface area contributed by atoms with Gasteiger partial charge in [0.2, 0.25) is 0 Å². The zero-order valence-corrected chi connectivity index (χ0v) is 13.0. The Morgan fingerprint density at radius 1 is 1.40 bits per heavy atom. The summed E-state index contributed by atoms with van der Waals surface area (Å²) in [5, 5.41) is 3.34. The van der Waals surface area contributed by atoms with Crippen molar-refractivity contribution in [1.82, 2.24) is 9.88 Å². The highest BCUT2D eigenvalue weighted by Gasteiger charge is 2.22. The molecule has 1 aromatic rings. The summed E-state index contributed by atoms with van der Waals surface area (Å²) in [6.07, 6.45) is 3.25. The van der Waals surface area contributed by atoms with Crippen LogP contribution in [0.2, 0.25) is 0 Å². The van der Waals surface area contributed by atoms with Crippen LogP contribution in [0.5, 0.6) is 0 Å². The molecule has 1 N–H and O–H groups in total. The maximum Gasteiger partial charge on any atom is 0.250 e. The van der Waals surface area contributed by atoms with Crippen LogP contribution in [0.1, 0.15) is 50.9 Å². The van der Waals surface area contributed by atoms with E-state index in [9.17, 15) is 4.79 Å². The summed E-state index contributed by atoms with van der Waals surface area (Å²) >= 11 is 0. The molecule has 112 valence electrons. The molecule has 2 rings (SSSR count). The first-order valence-corrected chi connectivity index (χ1v) is 7.46. The standard InChI is InChI=1S/C16H26N2O2/c1-16(2,3)20-11-10-18-14-7-5-6-13(17-4)12(14)8-9-15(18)19/h8-9,13,17H,5-7,10-11H2,1-4H3. The molecule has 20 heavy (non-hydrogen) atoms. The molecule has 1 heterocycles. The minimum Gasteiger partial charge on any atom is -0.374 e. The number of rotatable bonds is 4. The average Bonchev–Trinajstić information content (AvgIpc) is 2.39. The lowest BCUT2D eigenvalue weighted by Gasteiger charge is -2.28. The molecule has 0 bridgehead atoms. The summed E-state index contributed by atoms with van der Waals surface area (Å²) in [5.41, 5.74) is 2.37. The van der Waals surface area contributed by atoms with E-state index in [1.54, 1.807) is 6.07 Å². The Bertz CT molecular complexity index is 514. The maximum absolute atomic E-state index is 12.1. The van der Waals surface area contributed by atoms with Crippen LogP contribution in [0.3, 0.4) is 0 Å². The van der Waals surface area contributed by atoms with Gasteiger partial charge in [-0.1, -0.05) is 6.07 Å². The molecular weight excluding hydrogens is 252 g/mol. The van der Waals surface area contributed by atoms with E-state index in [1.165, 1.54) is 11.3 Å². The first kappa shape index (κ1) is 15.3. The molecule has 1 aliphatic carbocycles. The molecule has 1 aliphatic rings. The first-order chi connectivity index (χ1) is 9.42. The van der Waals surface area contributed by atoms with Crippen molar-refractivity contribution < 1.29 is 4.74 Å². The topological polar surface area (TPSA) is 43.3 Å². The minimum absolute atomic E-state index is 0.0815. The Hall–Kier alpha value is -1.13. The lowest BCUT2D eigenvalue weighted by Crippen LogP contribution is -2.32. The van der Waals surface area contributed by atoms with Gasteiger partial charge >= 0.3 is 0 Å². The van der Waals surface area contributed by atoms with Crippen LogP contribution in [0.4, 0.5) is 0 Å². The van der Waals surface area contributed by atoms with Gasteiger partial charge in [0, 0.05) is 24.3 Å². The van der Waals surface area contributed by atoms with Gasteiger partial charge in [0.15, 0.2) is 0 Å². The van der Waals surface area contributed by atoms with Crippen molar-refractivity contribution in [2.75, 3.05) is 13.7 Å². The van der Waals surface area contributed by atoms with Crippen LogP contribution in [-0.4, -0.2) is 23.8 Å². The highest BCUT2D eigenvalue weighted by molar-refractivity contribution is 5.27. The van der Waals surface area contributed by atoms with Gasteiger partial charge in [-0.3, -0.25) is 4.79 Å². The van der Waals surface area contributed by atoms with Crippen molar-refractivity contribution in [1.29, 1.82) is 0 Å². The van der Waals surface area contributed by atoms with E-state index >= 15 is 0 Å². The minimum atomic E-state index is -0.161. The van der Waals surface area contributed by atoms with Crippen LogP contribution in [0.15, 0.2) is 16.9 Å². The molecule has 1 aromatic heterocycles. The fraction of sp³-hybridized carbons (Fsp3) is 0.688. The molecule has 0 fully saturated rings. The van der Waals surface area contributed by atoms with Gasteiger partial charge in [0.1, 0.15) is 0 Å². The fourth-order valence-electron chi connectivity index (χ4n) is 2.85. The largest absolute Gasteiger partial charge is 0.374 e. The van der Waals surface area contributed by atoms with Crippen molar-refractivity contribution in [2.24, 2.45) is 0 Å². The van der Waals surface area contributed by atoms with E-state index in [0.29, 0.717) is 19.2 Å². The van der Waals surface area contributed by atoms with Crippen LogP contribution in [0, 0.1) is 0 Å². The van der Waals surface area contributed by atoms with E-state index in [1.807, 2.05) is 38.5 Å². The summed E-state index contributed by atoms with van der Waals surface area (Å²) in [4.78, 5) is 12.1. The van der Waals surface area contributed by atoms with E-state index in [-0.39, 0.29) is 11.2 Å². The van der Waals surface area contributed by atoms with Crippen molar-refractivity contribution in [3.05, 3.63) is 33.7 Å². The van der Waals surface area contributed by atoms with Crippen LogP contribution in [0.25, 0.3) is 0 Å². The third-order valence-electron chi connectivity index (χ3n) is 3.81. The number of fused-ring (bicyclic) bond motifs is 1. The van der Waals surface area contributed by atoms with Crippen molar-refractivity contribution in [3.63, 3.8) is 0 Å². The number of nitrogens with zero attached hydrogens (tertiary/aromatic N) is 1. The number of pyridine rings is 1. The van der Waals surface area contributed by atoms with E-state index in [2.05, 4.69) is 5.32 Å². The summed E-state index contributed by atoms with van der Waals surface area (Å²) in [6, 6.07) is 4.04. The highest BCUT2D eigenvalue weighted by atomic mass is 16.5. The van der Waals surface area contributed by atoms with E-state index in [4.69, 9.17) is 4.74 Å². The zero-order chi connectivity index (χ0) is 14.8. The van der Waals surface area contributed by atoms with Gasteiger partial charge in [0.25, 0.3) is 5.56 Å². The summed E-state index contributed by atoms with van der Waals surface area (Å²) in [5.74, 6) is 0. The van der Waals surface area contributed by atoms with Crippen molar-refractivity contribution in [3.8, 4) is 0 Å². The van der Waals surface area contributed by atoms with E-state index in [0.717, 1.165) is 19.3 Å². The number of aromatic nitrogens is 1. The van der Waals surface area contributed by atoms with Crippen molar-refractivity contribution in [2.45, 2.75) is 58.2 Å². The summed E-state index contributed by atoms with van der Waals surface area (Å²) < 4.78 is 7.65. The smallest absolute Gasteiger partial charge is 0.250 e. The number of hydrogen-bond donors (Lipinski definition) is 1. The molecule has 0 radical (unpaired) electrons. The second-order valence-electron chi connectivity index (χ2n) is 6.42. The second-order valence-corrected chi connectivity index (χ2v) is 6.42.